The van der Waals surface area contributed by atoms with E-state index in [1.54, 1.807) is 0 Å². The van der Waals surface area contributed by atoms with Crippen molar-refractivity contribution in [1.29, 1.82) is 0 Å². The SMILES string of the molecule is CCNC1CC(C)(C)Cc2nc(N3CCCC3C)sc21. The number of anilines is 1. The van der Waals surface area contributed by atoms with Crippen molar-refractivity contribution in [2.75, 3.05) is 18.0 Å². The summed E-state index contributed by atoms with van der Waals surface area (Å²) < 4.78 is 0. The summed E-state index contributed by atoms with van der Waals surface area (Å²) in [4.78, 5) is 9.03. The molecule has 1 N–H and O–H groups in total. The zero-order valence-corrected chi connectivity index (χ0v) is 14.0. The molecular weight excluding hydrogens is 266 g/mol. The lowest BCUT2D eigenvalue weighted by atomic mass is 9.76. The summed E-state index contributed by atoms with van der Waals surface area (Å²) in [6.07, 6.45) is 4.98. The maximum absolute atomic E-state index is 5.02. The second-order valence-electron chi connectivity index (χ2n) is 7.15. The first-order valence-electron chi connectivity index (χ1n) is 8.00. The molecule has 2 heterocycles. The van der Waals surface area contributed by atoms with Crippen LogP contribution in [0.5, 0.6) is 0 Å². The van der Waals surface area contributed by atoms with Gasteiger partial charge in [-0.05, 0) is 44.6 Å². The Bertz CT molecular complexity index is 480. The summed E-state index contributed by atoms with van der Waals surface area (Å²) in [6, 6.07) is 1.16. The third-order valence-electron chi connectivity index (χ3n) is 4.68. The van der Waals surface area contributed by atoms with Gasteiger partial charge in [-0.2, -0.15) is 0 Å². The smallest absolute Gasteiger partial charge is 0.186 e. The van der Waals surface area contributed by atoms with E-state index in [2.05, 4.69) is 37.9 Å². The molecule has 3 nitrogen and oxygen atoms in total. The highest BCUT2D eigenvalue weighted by atomic mass is 32.1. The molecule has 112 valence electrons. The quantitative estimate of drug-likeness (QED) is 0.920. The van der Waals surface area contributed by atoms with Crippen LogP contribution >= 0.6 is 11.3 Å². The molecule has 1 saturated heterocycles. The molecule has 0 amide bonds. The molecule has 1 aromatic rings. The number of hydrogen-bond acceptors (Lipinski definition) is 4. The first kappa shape index (κ1) is 14.3. The van der Waals surface area contributed by atoms with Crippen molar-refractivity contribution in [2.45, 2.75) is 65.5 Å². The molecule has 0 radical (unpaired) electrons. The maximum atomic E-state index is 5.02. The van der Waals surface area contributed by atoms with Crippen LogP contribution in [-0.4, -0.2) is 24.1 Å². The van der Waals surface area contributed by atoms with Crippen LogP contribution in [0.15, 0.2) is 0 Å². The fourth-order valence-electron chi connectivity index (χ4n) is 3.67. The van der Waals surface area contributed by atoms with Crippen molar-refractivity contribution in [1.82, 2.24) is 10.3 Å². The number of fused-ring (bicyclic) bond motifs is 1. The molecule has 20 heavy (non-hydrogen) atoms. The van der Waals surface area contributed by atoms with Crippen molar-refractivity contribution < 1.29 is 0 Å². The number of rotatable bonds is 3. The predicted octanol–water partition coefficient (Wildman–Crippen LogP) is 3.75. The number of thiazole rings is 1. The van der Waals surface area contributed by atoms with Crippen LogP contribution in [0, 0.1) is 5.41 Å². The summed E-state index contributed by atoms with van der Waals surface area (Å²) in [5.41, 5.74) is 1.72. The Morgan fingerprint density at radius 1 is 1.45 bits per heavy atom. The van der Waals surface area contributed by atoms with Gasteiger partial charge >= 0.3 is 0 Å². The lowest BCUT2D eigenvalue weighted by Gasteiger charge is -2.34. The van der Waals surface area contributed by atoms with Crippen LogP contribution in [0.3, 0.4) is 0 Å². The number of nitrogens with zero attached hydrogens (tertiary/aromatic N) is 2. The van der Waals surface area contributed by atoms with Crippen molar-refractivity contribution in [2.24, 2.45) is 5.41 Å². The lowest BCUT2D eigenvalue weighted by molar-refractivity contribution is 0.260. The van der Waals surface area contributed by atoms with E-state index >= 15 is 0 Å². The number of nitrogens with one attached hydrogen (secondary N) is 1. The molecule has 2 aliphatic rings. The molecule has 0 saturated carbocycles. The highest BCUT2D eigenvalue weighted by Gasteiger charge is 2.36. The van der Waals surface area contributed by atoms with Gasteiger partial charge in [0.15, 0.2) is 5.13 Å². The Morgan fingerprint density at radius 3 is 2.90 bits per heavy atom. The zero-order valence-electron chi connectivity index (χ0n) is 13.2. The molecule has 1 aliphatic carbocycles. The monoisotopic (exact) mass is 293 g/mol. The van der Waals surface area contributed by atoms with E-state index in [0.29, 0.717) is 17.5 Å². The van der Waals surface area contributed by atoms with Gasteiger partial charge in [-0.1, -0.05) is 32.1 Å². The van der Waals surface area contributed by atoms with E-state index in [4.69, 9.17) is 4.98 Å². The molecule has 1 aromatic heterocycles. The van der Waals surface area contributed by atoms with Crippen molar-refractivity contribution >= 4 is 16.5 Å². The van der Waals surface area contributed by atoms with E-state index in [1.165, 1.54) is 41.5 Å². The predicted molar refractivity (Wildman–Crippen MR) is 86.7 cm³/mol. The summed E-state index contributed by atoms with van der Waals surface area (Å²) in [5, 5.41) is 4.93. The molecular formula is C16H27N3S. The second-order valence-corrected chi connectivity index (χ2v) is 8.16. The Labute approximate surface area is 126 Å². The standard InChI is InChI=1S/C16H27N3S/c1-5-17-12-9-16(3,4)10-13-14(12)20-15(18-13)19-8-6-7-11(19)2/h11-12,17H,5-10H2,1-4H3. The third kappa shape index (κ3) is 2.60. The van der Waals surface area contributed by atoms with Gasteiger partial charge in [-0.15, -0.1) is 0 Å². The van der Waals surface area contributed by atoms with Gasteiger partial charge in [0.1, 0.15) is 0 Å². The van der Waals surface area contributed by atoms with Gasteiger partial charge in [0, 0.05) is 23.5 Å². The van der Waals surface area contributed by atoms with E-state index in [9.17, 15) is 0 Å². The van der Waals surface area contributed by atoms with Gasteiger partial charge in [0.05, 0.1) is 5.69 Å². The highest BCUT2D eigenvalue weighted by Crippen LogP contribution is 2.45. The minimum atomic E-state index is 0.363. The van der Waals surface area contributed by atoms with Crippen LogP contribution in [0.25, 0.3) is 0 Å². The first-order valence-corrected chi connectivity index (χ1v) is 8.81. The molecule has 0 spiro atoms. The Morgan fingerprint density at radius 2 is 2.25 bits per heavy atom. The summed E-state index contributed by atoms with van der Waals surface area (Å²) >= 11 is 1.94. The Kier molecular flexibility index (Phi) is 3.80. The molecule has 2 atom stereocenters. The molecule has 0 aromatic carbocycles. The van der Waals surface area contributed by atoms with Crippen LogP contribution < -0.4 is 10.2 Å². The van der Waals surface area contributed by atoms with Gasteiger partial charge in [-0.25, -0.2) is 4.98 Å². The third-order valence-corrected chi connectivity index (χ3v) is 5.93. The van der Waals surface area contributed by atoms with Crippen LogP contribution in [-0.2, 0) is 6.42 Å². The first-order chi connectivity index (χ1) is 9.50. The molecule has 0 bridgehead atoms. The van der Waals surface area contributed by atoms with Gasteiger partial charge in [0.25, 0.3) is 0 Å². The second kappa shape index (κ2) is 5.30. The van der Waals surface area contributed by atoms with Gasteiger partial charge < -0.3 is 10.2 Å². The molecule has 2 unspecified atom stereocenters. The molecule has 4 heteroatoms. The minimum absolute atomic E-state index is 0.363. The lowest BCUT2D eigenvalue weighted by Crippen LogP contribution is -2.32. The van der Waals surface area contributed by atoms with Gasteiger partial charge in [-0.3, -0.25) is 0 Å². The molecule has 1 fully saturated rings. The Balaban J connectivity index is 1.91. The number of hydrogen-bond donors (Lipinski definition) is 1. The average molecular weight is 293 g/mol. The summed E-state index contributed by atoms with van der Waals surface area (Å²) in [7, 11) is 0. The summed E-state index contributed by atoms with van der Waals surface area (Å²) in [6.45, 7) is 11.5. The molecule has 3 rings (SSSR count). The average Bonchev–Trinajstić information content (AvgIpc) is 2.93. The number of aromatic nitrogens is 1. The highest BCUT2D eigenvalue weighted by molar-refractivity contribution is 7.15. The zero-order chi connectivity index (χ0) is 14.3. The fourth-order valence-corrected chi connectivity index (χ4v) is 4.96. The van der Waals surface area contributed by atoms with Crippen LogP contribution in [0.4, 0.5) is 5.13 Å². The van der Waals surface area contributed by atoms with Crippen LogP contribution in [0.2, 0.25) is 0 Å². The molecule has 1 aliphatic heterocycles. The Hall–Kier alpha value is -0.610. The topological polar surface area (TPSA) is 28.2 Å². The van der Waals surface area contributed by atoms with E-state index in [-0.39, 0.29) is 0 Å². The minimum Gasteiger partial charge on any atom is -0.345 e. The maximum Gasteiger partial charge on any atom is 0.186 e. The van der Waals surface area contributed by atoms with E-state index in [0.717, 1.165) is 13.0 Å². The van der Waals surface area contributed by atoms with E-state index < -0.39 is 0 Å². The van der Waals surface area contributed by atoms with Crippen molar-refractivity contribution in [3.63, 3.8) is 0 Å². The van der Waals surface area contributed by atoms with Crippen LogP contribution in [0.1, 0.15) is 63.6 Å². The summed E-state index contributed by atoms with van der Waals surface area (Å²) in [5.74, 6) is 0. The van der Waals surface area contributed by atoms with Crippen molar-refractivity contribution in [3.05, 3.63) is 10.6 Å². The largest absolute Gasteiger partial charge is 0.345 e. The van der Waals surface area contributed by atoms with Gasteiger partial charge in [0.2, 0.25) is 0 Å². The fraction of sp³-hybridized carbons (Fsp3) is 0.812. The normalized spacial score (nSPS) is 28.7. The van der Waals surface area contributed by atoms with E-state index in [1.807, 2.05) is 11.3 Å². The van der Waals surface area contributed by atoms with Crippen molar-refractivity contribution in [3.8, 4) is 0 Å².